The molecule has 0 spiro atoms. The van der Waals surface area contributed by atoms with Crippen molar-refractivity contribution in [3.05, 3.63) is 45.5 Å². The molecule has 0 bridgehead atoms. The SMILES string of the molecule is CCN1C[C@H](c2nc(Cc3c(Cl)cccc3Cl)no2)CC1=O. The van der Waals surface area contributed by atoms with Gasteiger partial charge in [-0.15, -0.1) is 0 Å². The smallest absolute Gasteiger partial charge is 0.232 e. The molecule has 0 radical (unpaired) electrons. The fourth-order valence-corrected chi connectivity index (χ4v) is 3.14. The van der Waals surface area contributed by atoms with Gasteiger partial charge in [0.05, 0.1) is 5.92 Å². The third kappa shape index (κ3) is 2.96. The predicted molar refractivity (Wildman–Crippen MR) is 83.2 cm³/mol. The molecule has 116 valence electrons. The number of hydrogen-bond donors (Lipinski definition) is 0. The van der Waals surface area contributed by atoms with E-state index in [1.54, 1.807) is 23.1 Å². The van der Waals surface area contributed by atoms with Gasteiger partial charge in [0.15, 0.2) is 5.82 Å². The number of rotatable bonds is 4. The summed E-state index contributed by atoms with van der Waals surface area (Å²) in [5, 5.41) is 5.13. The lowest BCUT2D eigenvalue weighted by Crippen LogP contribution is -2.24. The van der Waals surface area contributed by atoms with Gasteiger partial charge in [0.25, 0.3) is 0 Å². The van der Waals surface area contributed by atoms with Crippen molar-refractivity contribution in [2.45, 2.75) is 25.7 Å². The number of nitrogens with zero attached hydrogens (tertiary/aromatic N) is 3. The molecule has 2 heterocycles. The molecule has 0 saturated carbocycles. The average molecular weight is 340 g/mol. The highest BCUT2D eigenvalue weighted by Gasteiger charge is 2.33. The second kappa shape index (κ2) is 6.26. The Bertz CT molecular complexity index is 682. The summed E-state index contributed by atoms with van der Waals surface area (Å²) in [5.74, 6) is 1.12. The number of likely N-dealkylation sites (N-methyl/N-ethyl adjacent to an activating group) is 1. The first-order valence-electron chi connectivity index (χ1n) is 7.11. The highest BCUT2D eigenvalue weighted by atomic mass is 35.5. The Morgan fingerprint density at radius 1 is 1.36 bits per heavy atom. The lowest BCUT2D eigenvalue weighted by Gasteiger charge is -2.11. The molecule has 1 saturated heterocycles. The van der Waals surface area contributed by atoms with E-state index >= 15 is 0 Å². The van der Waals surface area contributed by atoms with E-state index in [0.717, 1.165) is 5.56 Å². The van der Waals surface area contributed by atoms with Crippen LogP contribution >= 0.6 is 23.2 Å². The number of likely N-dealkylation sites (tertiary alicyclic amines) is 1. The first-order chi connectivity index (χ1) is 10.6. The van der Waals surface area contributed by atoms with Gasteiger partial charge in [0.1, 0.15) is 0 Å². The fourth-order valence-electron chi connectivity index (χ4n) is 2.61. The third-order valence-electron chi connectivity index (χ3n) is 3.83. The molecule has 2 aromatic rings. The standard InChI is InChI=1S/C15H15Cl2N3O2/c1-2-20-8-9(6-14(20)21)15-18-13(19-22-15)7-10-11(16)4-3-5-12(10)17/h3-5,9H,2,6-8H2,1H3/t9-/m1/s1. The van der Waals surface area contributed by atoms with Crippen LogP contribution in [0.25, 0.3) is 0 Å². The fraction of sp³-hybridized carbons (Fsp3) is 0.400. The molecule has 0 aliphatic carbocycles. The summed E-state index contributed by atoms with van der Waals surface area (Å²) in [4.78, 5) is 18.0. The second-order valence-corrected chi connectivity index (χ2v) is 6.07. The number of carbonyl (C=O) groups is 1. The zero-order chi connectivity index (χ0) is 15.7. The van der Waals surface area contributed by atoms with Crippen LogP contribution < -0.4 is 0 Å². The Morgan fingerprint density at radius 2 is 2.09 bits per heavy atom. The summed E-state index contributed by atoms with van der Waals surface area (Å²) >= 11 is 12.3. The Hall–Kier alpha value is -1.59. The molecule has 0 unspecified atom stereocenters. The predicted octanol–water partition coefficient (Wildman–Crippen LogP) is 3.30. The summed E-state index contributed by atoms with van der Waals surface area (Å²) in [6.45, 7) is 3.29. The van der Waals surface area contributed by atoms with Crippen molar-refractivity contribution in [3.63, 3.8) is 0 Å². The molecule has 7 heteroatoms. The Kier molecular flexibility index (Phi) is 4.36. The number of aromatic nitrogens is 2. The zero-order valence-corrected chi connectivity index (χ0v) is 13.6. The number of amides is 1. The molecule has 1 fully saturated rings. The maximum atomic E-state index is 11.8. The highest BCUT2D eigenvalue weighted by Crippen LogP contribution is 2.29. The van der Waals surface area contributed by atoms with Crippen molar-refractivity contribution in [2.24, 2.45) is 0 Å². The van der Waals surface area contributed by atoms with Crippen LogP contribution in [-0.4, -0.2) is 34.0 Å². The van der Waals surface area contributed by atoms with Gasteiger partial charge in [-0.05, 0) is 24.6 Å². The van der Waals surface area contributed by atoms with Crippen molar-refractivity contribution in [1.82, 2.24) is 15.0 Å². The minimum atomic E-state index is -0.0320. The molecule has 1 aliphatic heterocycles. The molecule has 3 rings (SSSR count). The van der Waals surface area contributed by atoms with Crippen LogP contribution in [0.15, 0.2) is 22.7 Å². The quantitative estimate of drug-likeness (QED) is 0.857. The molecular weight excluding hydrogens is 325 g/mol. The summed E-state index contributed by atoms with van der Waals surface area (Å²) in [6.07, 6.45) is 0.822. The Morgan fingerprint density at radius 3 is 2.73 bits per heavy atom. The molecule has 1 aromatic carbocycles. The van der Waals surface area contributed by atoms with Gasteiger partial charge in [-0.3, -0.25) is 4.79 Å². The Balaban J connectivity index is 1.76. The number of benzene rings is 1. The summed E-state index contributed by atoms with van der Waals surface area (Å²) in [7, 11) is 0. The number of hydrogen-bond acceptors (Lipinski definition) is 4. The topological polar surface area (TPSA) is 59.2 Å². The summed E-state index contributed by atoms with van der Waals surface area (Å²) in [6, 6.07) is 5.34. The molecule has 0 N–H and O–H groups in total. The van der Waals surface area contributed by atoms with Crippen LogP contribution in [0.3, 0.4) is 0 Å². The molecule has 1 amide bonds. The van der Waals surface area contributed by atoms with Crippen molar-refractivity contribution >= 4 is 29.1 Å². The van der Waals surface area contributed by atoms with E-state index < -0.39 is 0 Å². The van der Waals surface area contributed by atoms with Crippen LogP contribution in [0.5, 0.6) is 0 Å². The van der Waals surface area contributed by atoms with Gasteiger partial charge in [0, 0.05) is 36.0 Å². The van der Waals surface area contributed by atoms with Gasteiger partial charge < -0.3 is 9.42 Å². The molecule has 1 aliphatic rings. The lowest BCUT2D eigenvalue weighted by molar-refractivity contribution is -0.127. The van der Waals surface area contributed by atoms with E-state index in [1.165, 1.54) is 0 Å². The van der Waals surface area contributed by atoms with Crippen molar-refractivity contribution < 1.29 is 9.32 Å². The summed E-state index contributed by atoms with van der Waals surface area (Å²) < 4.78 is 5.32. The zero-order valence-electron chi connectivity index (χ0n) is 12.1. The maximum absolute atomic E-state index is 11.8. The maximum Gasteiger partial charge on any atom is 0.232 e. The van der Waals surface area contributed by atoms with Crippen LogP contribution in [0.4, 0.5) is 0 Å². The van der Waals surface area contributed by atoms with Gasteiger partial charge >= 0.3 is 0 Å². The molecule has 1 aromatic heterocycles. The highest BCUT2D eigenvalue weighted by molar-refractivity contribution is 6.36. The van der Waals surface area contributed by atoms with E-state index in [-0.39, 0.29) is 11.8 Å². The third-order valence-corrected chi connectivity index (χ3v) is 4.53. The van der Waals surface area contributed by atoms with Crippen molar-refractivity contribution in [2.75, 3.05) is 13.1 Å². The minimum Gasteiger partial charge on any atom is -0.342 e. The summed E-state index contributed by atoms with van der Waals surface area (Å²) in [5.41, 5.74) is 0.774. The van der Waals surface area contributed by atoms with E-state index in [1.807, 2.05) is 6.92 Å². The van der Waals surface area contributed by atoms with Gasteiger partial charge in [-0.25, -0.2) is 0 Å². The van der Waals surface area contributed by atoms with Crippen LogP contribution in [0.1, 0.15) is 36.5 Å². The molecule has 22 heavy (non-hydrogen) atoms. The first kappa shape index (κ1) is 15.3. The molecule has 5 nitrogen and oxygen atoms in total. The monoisotopic (exact) mass is 339 g/mol. The normalized spacial score (nSPS) is 18.2. The van der Waals surface area contributed by atoms with Crippen LogP contribution in [0.2, 0.25) is 10.0 Å². The van der Waals surface area contributed by atoms with E-state index in [0.29, 0.717) is 47.7 Å². The van der Waals surface area contributed by atoms with Crippen molar-refractivity contribution in [3.8, 4) is 0 Å². The van der Waals surface area contributed by atoms with E-state index in [2.05, 4.69) is 10.1 Å². The second-order valence-electron chi connectivity index (χ2n) is 5.26. The largest absolute Gasteiger partial charge is 0.342 e. The van der Waals surface area contributed by atoms with Crippen molar-refractivity contribution in [1.29, 1.82) is 0 Å². The van der Waals surface area contributed by atoms with Gasteiger partial charge in [-0.1, -0.05) is 34.4 Å². The average Bonchev–Trinajstić information content (AvgIpc) is 3.09. The molecular formula is C15H15Cl2N3O2. The minimum absolute atomic E-state index is 0.0320. The number of carbonyl (C=O) groups excluding carboxylic acids is 1. The lowest BCUT2D eigenvalue weighted by atomic mass is 10.1. The van der Waals surface area contributed by atoms with Gasteiger partial charge in [-0.2, -0.15) is 4.98 Å². The number of halogens is 2. The van der Waals surface area contributed by atoms with Crippen LogP contribution in [0, 0.1) is 0 Å². The Labute approximate surface area is 138 Å². The van der Waals surface area contributed by atoms with E-state index in [4.69, 9.17) is 27.7 Å². The molecule has 1 atom stereocenters. The van der Waals surface area contributed by atoms with E-state index in [9.17, 15) is 4.79 Å². The first-order valence-corrected chi connectivity index (χ1v) is 7.87. The van der Waals surface area contributed by atoms with Crippen LogP contribution in [-0.2, 0) is 11.2 Å². The van der Waals surface area contributed by atoms with Gasteiger partial charge in [0.2, 0.25) is 11.8 Å².